The van der Waals surface area contributed by atoms with Crippen molar-refractivity contribution in [3.05, 3.63) is 29.8 Å². The Kier molecular flexibility index (Phi) is 3.31. The minimum Gasteiger partial charge on any atom is -0.497 e. The zero-order valence-corrected chi connectivity index (χ0v) is 9.54. The topological polar surface area (TPSA) is 70.0 Å². The summed E-state index contributed by atoms with van der Waals surface area (Å²) in [4.78, 5) is 13.5. The molecule has 2 N–H and O–H groups in total. The number of aliphatic hydroxyl groups excluding tert-OH is 2. The van der Waals surface area contributed by atoms with Gasteiger partial charge < -0.3 is 19.8 Å². The van der Waals surface area contributed by atoms with Crippen LogP contribution in [0.2, 0.25) is 0 Å². The summed E-state index contributed by atoms with van der Waals surface area (Å²) in [6.45, 7) is 0.328. The van der Waals surface area contributed by atoms with Crippen LogP contribution in [0.1, 0.15) is 10.4 Å². The molecular weight excluding hydrogens is 222 g/mol. The van der Waals surface area contributed by atoms with Crippen molar-refractivity contribution in [2.45, 2.75) is 12.2 Å². The highest BCUT2D eigenvalue weighted by atomic mass is 16.5. The number of rotatable bonds is 2. The second kappa shape index (κ2) is 4.73. The van der Waals surface area contributed by atoms with Crippen molar-refractivity contribution in [3.63, 3.8) is 0 Å². The second-order valence-corrected chi connectivity index (χ2v) is 4.08. The number of ether oxygens (including phenoxy) is 1. The van der Waals surface area contributed by atoms with Crippen LogP contribution < -0.4 is 4.74 Å². The lowest BCUT2D eigenvalue weighted by atomic mass is 10.2. The molecule has 0 spiro atoms. The van der Waals surface area contributed by atoms with Crippen molar-refractivity contribution in [2.75, 3.05) is 20.2 Å². The number of aliphatic hydroxyl groups is 2. The average molecular weight is 237 g/mol. The maximum absolute atomic E-state index is 12.1. The van der Waals surface area contributed by atoms with Gasteiger partial charge in [0.05, 0.1) is 19.3 Å². The highest BCUT2D eigenvalue weighted by molar-refractivity contribution is 5.94. The van der Waals surface area contributed by atoms with Gasteiger partial charge in [0, 0.05) is 18.7 Å². The van der Waals surface area contributed by atoms with Crippen LogP contribution in [-0.4, -0.2) is 53.4 Å². The van der Waals surface area contributed by atoms with Crippen LogP contribution in [0.4, 0.5) is 0 Å². The lowest BCUT2D eigenvalue weighted by molar-refractivity contribution is 0.0572. The van der Waals surface area contributed by atoms with Gasteiger partial charge in [-0.2, -0.15) is 0 Å². The fourth-order valence-electron chi connectivity index (χ4n) is 1.87. The van der Waals surface area contributed by atoms with Crippen LogP contribution >= 0.6 is 0 Å². The second-order valence-electron chi connectivity index (χ2n) is 4.08. The van der Waals surface area contributed by atoms with Crippen LogP contribution in [0.25, 0.3) is 0 Å². The van der Waals surface area contributed by atoms with Gasteiger partial charge in [0.15, 0.2) is 0 Å². The molecule has 0 aliphatic carbocycles. The molecule has 1 aromatic rings. The monoisotopic (exact) mass is 237 g/mol. The molecule has 17 heavy (non-hydrogen) atoms. The number of benzene rings is 1. The van der Waals surface area contributed by atoms with Gasteiger partial charge in [-0.05, 0) is 18.2 Å². The molecule has 5 nitrogen and oxygen atoms in total. The standard InChI is InChI=1S/C12H15NO4/c1-17-9-4-2-3-8(5-9)12(16)13-6-10(14)11(15)7-13/h2-5,10-11,14-15H,6-7H2,1H3/t10-,11+. The molecular formula is C12H15NO4. The van der Waals surface area contributed by atoms with Crippen molar-refractivity contribution in [2.24, 2.45) is 0 Å². The molecule has 0 aromatic heterocycles. The van der Waals surface area contributed by atoms with Crippen LogP contribution in [0.15, 0.2) is 24.3 Å². The highest BCUT2D eigenvalue weighted by Crippen LogP contribution is 2.17. The molecule has 0 bridgehead atoms. The predicted molar refractivity (Wildman–Crippen MR) is 60.9 cm³/mol. The molecule has 0 saturated carbocycles. The lowest BCUT2D eigenvalue weighted by Crippen LogP contribution is -2.29. The third-order valence-electron chi connectivity index (χ3n) is 2.86. The molecule has 1 heterocycles. The van der Waals surface area contributed by atoms with Crippen molar-refractivity contribution < 1.29 is 19.7 Å². The van der Waals surface area contributed by atoms with E-state index in [1.807, 2.05) is 0 Å². The largest absolute Gasteiger partial charge is 0.497 e. The van der Waals surface area contributed by atoms with Gasteiger partial charge >= 0.3 is 0 Å². The smallest absolute Gasteiger partial charge is 0.254 e. The van der Waals surface area contributed by atoms with Gasteiger partial charge in [0.2, 0.25) is 0 Å². The first kappa shape index (κ1) is 11.9. The maximum atomic E-state index is 12.1. The van der Waals surface area contributed by atoms with Crippen LogP contribution in [0, 0.1) is 0 Å². The van der Waals surface area contributed by atoms with Crippen LogP contribution in [0.5, 0.6) is 5.75 Å². The van der Waals surface area contributed by atoms with E-state index in [-0.39, 0.29) is 19.0 Å². The lowest BCUT2D eigenvalue weighted by Gasteiger charge is -2.15. The average Bonchev–Trinajstić information content (AvgIpc) is 2.69. The number of carbonyl (C=O) groups is 1. The van der Waals surface area contributed by atoms with Gasteiger partial charge in [-0.25, -0.2) is 0 Å². The number of likely N-dealkylation sites (tertiary alicyclic amines) is 1. The Labute approximate surface area is 99.2 Å². The van der Waals surface area contributed by atoms with E-state index >= 15 is 0 Å². The van der Waals surface area contributed by atoms with E-state index in [1.54, 1.807) is 24.3 Å². The first-order valence-corrected chi connectivity index (χ1v) is 5.41. The van der Waals surface area contributed by atoms with Crippen molar-refractivity contribution in [1.29, 1.82) is 0 Å². The van der Waals surface area contributed by atoms with Crippen molar-refractivity contribution in [3.8, 4) is 5.75 Å². The number of hydrogen-bond acceptors (Lipinski definition) is 4. The Balaban J connectivity index is 2.14. The normalized spacial score (nSPS) is 23.8. The first-order chi connectivity index (χ1) is 8.11. The third-order valence-corrected chi connectivity index (χ3v) is 2.86. The number of nitrogens with zero attached hydrogens (tertiary/aromatic N) is 1. The summed E-state index contributed by atoms with van der Waals surface area (Å²) in [6, 6.07) is 6.81. The summed E-state index contributed by atoms with van der Waals surface area (Å²) in [5.41, 5.74) is 0.491. The van der Waals surface area contributed by atoms with Gasteiger partial charge in [0.25, 0.3) is 5.91 Å². The molecule has 0 unspecified atom stereocenters. The SMILES string of the molecule is COc1cccc(C(=O)N2C[C@@H](O)[C@@H](O)C2)c1. The summed E-state index contributed by atoms with van der Waals surface area (Å²) < 4.78 is 5.04. The molecule has 2 atom stereocenters. The Morgan fingerprint density at radius 1 is 1.35 bits per heavy atom. The number of methoxy groups -OCH3 is 1. The number of amides is 1. The summed E-state index contributed by atoms with van der Waals surface area (Å²) >= 11 is 0. The molecule has 5 heteroatoms. The van der Waals surface area contributed by atoms with E-state index in [9.17, 15) is 15.0 Å². The zero-order chi connectivity index (χ0) is 12.4. The quantitative estimate of drug-likeness (QED) is 0.752. The maximum Gasteiger partial charge on any atom is 0.254 e. The summed E-state index contributed by atoms with van der Waals surface area (Å²) in [6.07, 6.45) is -1.71. The van der Waals surface area contributed by atoms with Crippen molar-refractivity contribution >= 4 is 5.91 Å². The van der Waals surface area contributed by atoms with E-state index < -0.39 is 12.2 Å². The van der Waals surface area contributed by atoms with E-state index in [4.69, 9.17) is 4.74 Å². The van der Waals surface area contributed by atoms with Crippen molar-refractivity contribution in [1.82, 2.24) is 4.90 Å². The molecule has 2 rings (SSSR count). The fraction of sp³-hybridized carbons (Fsp3) is 0.417. The van der Waals surface area contributed by atoms with Gasteiger partial charge in [-0.3, -0.25) is 4.79 Å². The Bertz CT molecular complexity index is 411. The summed E-state index contributed by atoms with van der Waals surface area (Å²) in [7, 11) is 1.53. The first-order valence-electron chi connectivity index (χ1n) is 5.41. The molecule has 92 valence electrons. The molecule has 1 saturated heterocycles. The van der Waals surface area contributed by atoms with E-state index in [0.29, 0.717) is 11.3 Å². The van der Waals surface area contributed by atoms with E-state index in [2.05, 4.69) is 0 Å². The molecule has 1 amide bonds. The number of carbonyl (C=O) groups excluding carboxylic acids is 1. The van der Waals surface area contributed by atoms with Crippen LogP contribution in [-0.2, 0) is 0 Å². The van der Waals surface area contributed by atoms with E-state index in [0.717, 1.165) is 0 Å². The Hall–Kier alpha value is -1.59. The Morgan fingerprint density at radius 2 is 2.00 bits per heavy atom. The molecule has 1 fully saturated rings. The van der Waals surface area contributed by atoms with Gasteiger partial charge in [-0.15, -0.1) is 0 Å². The highest BCUT2D eigenvalue weighted by Gasteiger charge is 2.32. The molecule has 1 aromatic carbocycles. The molecule has 1 aliphatic rings. The van der Waals surface area contributed by atoms with E-state index in [1.165, 1.54) is 12.0 Å². The van der Waals surface area contributed by atoms with Gasteiger partial charge in [0.1, 0.15) is 5.75 Å². The summed E-state index contributed by atoms with van der Waals surface area (Å²) in [5, 5.41) is 18.8. The number of β-amino-alcohol motifs (C(OH)–C–C–N with tert-alkyl or cyclic N) is 2. The van der Waals surface area contributed by atoms with Crippen LogP contribution in [0.3, 0.4) is 0 Å². The zero-order valence-electron chi connectivity index (χ0n) is 9.54. The Morgan fingerprint density at radius 3 is 2.59 bits per heavy atom. The minimum absolute atomic E-state index is 0.164. The fourth-order valence-corrected chi connectivity index (χ4v) is 1.87. The third kappa shape index (κ3) is 2.40. The predicted octanol–water partition coefficient (Wildman–Crippen LogP) is -0.127. The number of hydrogen-bond donors (Lipinski definition) is 2. The summed E-state index contributed by atoms with van der Waals surface area (Å²) in [5.74, 6) is 0.399. The van der Waals surface area contributed by atoms with Gasteiger partial charge in [-0.1, -0.05) is 6.07 Å². The minimum atomic E-state index is -0.857. The molecule has 1 aliphatic heterocycles. The molecule has 0 radical (unpaired) electrons.